The van der Waals surface area contributed by atoms with Crippen molar-refractivity contribution >= 4 is 5.78 Å². The SMILES string of the molecule is COc1cc2ccc1C(=O)c1cc(ccc1O)CCCCC(O[C@@H]1O[C@H](CO[C@@H]3OC[C@](O)(CO)[C@H]3O)[C@@H](O)[C@H](O)[C@H]1O)CC2. The number of hydrogen-bond acceptors (Lipinski definition) is 13. The molecule has 0 saturated carbocycles. The summed E-state index contributed by atoms with van der Waals surface area (Å²) in [7, 11) is 1.47. The van der Waals surface area contributed by atoms with Crippen LogP contribution in [0.5, 0.6) is 11.5 Å². The minimum absolute atomic E-state index is 0.103. The number of carbonyl (C=O) groups is 1. The van der Waals surface area contributed by atoms with Gasteiger partial charge in [-0.2, -0.15) is 0 Å². The van der Waals surface area contributed by atoms with E-state index in [2.05, 4.69) is 0 Å². The summed E-state index contributed by atoms with van der Waals surface area (Å²) in [5, 5.41) is 72.2. The van der Waals surface area contributed by atoms with Gasteiger partial charge < -0.3 is 59.4 Å². The zero-order valence-corrected chi connectivity index (χ0v) is 25.0. The van der Waals surface area contributed by atoms with Crippen LogP contribution in [0.4, 0.5) is 0 Å². The molecule has 2 aliphatic carbocycles. The van der Waals surface area contributed by atoms with Crippen molar-refractivity contribution < 1.29 is 64.2 Å². The summed E-state index contributed by atoms with van der Waals surface area (Å²) in [5.41, 5.74) is 0.393. The second-order valence-electron chi connectivity index (χ2n) is 12.0. The molecule has 7 N–H and O–H groups in total. The molecule has 2 aromatic rings. The molecule has 0 spiro atoms. The van der Waals surface area contributed by atoms with Crippen molar-refractivity contribution in [2.45, 2.75) is 93.3 Å². The lowest BCUT2D eigenvalue weighted by Crippen LogP contribution is -2.60. The summed E-state index contributed by atoms with van der Waals surface area (Å²) in [5.74, 6) is -0.0719. The fourth-order valence-corrected chi connectivity index (χ4v) is 5.93. The van der Waals surface area contributed by atoms with Gasteiger partial charge in [-0.3, -0.25) is 4.79 Å². The molecule has 4 bridgehead atoms. The summed E-state index contributed by atoms with van der Waals surface area (Å²) in [4.78, 5) is 13.3. The number of aliphatic hydroxyl groups is 6. The normalized spacial score (nSPS) is 34.3. The highest BCUT2D eigenvalue weighted by molar-refractivity contribution is 6.12. The van der Waals surface area contributed by atoms with Crippen molar-refractivity contribution in [1.29, 1.82) is 0 Å². The molecule has 2 heterocycles. The topological polar surface area (TPSA) is 205 Å². The Morgan fingerprint density at radius 3 is 2.40 bits per heavy atom. The fraction of sp³-hybridized carbons (Fsp3) is 0.594. The number of aryl methyl sites for hydroxylation is 2. The molecule has 6 rings (SSSR count). The maximum atomic E-state index is 13.3. The number of ether oxygens (including phenoxy) is 5. The number of rotatable bonds is 7. The van der Waals surface area contributed by atoms with E-state index in [0.29, 0.717) is 37.0 Å². The predicted molar refractivity (Wildman–Crippen MR) is 156 cm³/mol. The third-order valence-corrected chi connectivity index (χ3v) is 8.81. The molecule has 2 fully saturated rings. The lowest BCUT2D eigenvalue weighted by Gasteiger charge is -2.41. The Bertz CT molecular complexity index is 1320. The van der Waals surface area contributed by atoms with Crippen molar-refractivity contribution in [3.05, 3.63) is 58.7 Å². The van der Waals surface area contributed by atoms with Gasteiger partial charge in [0.25, 0.3) is 0 Å². The number of ketones is 1. The minimum atomic E-state index is -1.90. The largest absolute Gasteiger partial charge is 0.507 e. The van der Waals surface area contributed by atoms with Crippen LogP contribution in [0.15, 0.2) is 36.4 Å². The average Bonchev–Trinajstić information content (AvgIpc) is 3.33. The van der Waals surface area contributed by atoms with Crippen LogP contribution >= 0.6 is 0 Å². The first-order valence-corrected chi connectivity index (χ1v) is 15.2. The Morgan fingerprint density at radius 2 is 1.67 bits per heavy atom. The van der Waals surface area contributed by atoms with E-state index in [1.54, 1.807) is 24.3 Å². The smallest absolute Gasteiger partial charge is 0.200 e. The molecule has 13 heteroatoms. The van der Waals surface area contributed by atoms with E-state index < -0.39 is 61.4 Å². The van der Waals surface area contributed by atoms with E-state index in [-0.39, 0.29) is 30.3 Å². The molecule has 2 aliphatic heterocycles. The lowest BCUT2D eigenvalue weighted by molar-refractivity contribution is -0.319. The molecule has 0 radical (unpaired) electrons. The van der Waals surface area contributed by atoms with Gasteiger partial charge in [-0.1, -0.05) is 18.6 Å². The van der Waals surface area contributed by atoms with E-state index in [1.165, 1.54) is 13.2 Å². The molecular weight excluding hydrogens is 592 g/mol. The maximum Gasteiger partial charge on any atom is 0.200 e. The third-order valence-electron chi connectivity index (χ3n) is 8.81. The lowest BCUT2D eigenvalue weighted by atomic mass is 9.96. The van der Waals surface area contributed by atoms with E-state index in [9.17, 15) is 40.5 Å². The Kier molecular flexibility index (Phi) is 10.8. The van der Waals surface area contributed by atoms with Crippen LogP contribution in [-0.4, -0.2) is 123 Å². The number of aromatic hydroxyl groups is 1. The van der Waals surface area contributed by atoms with Crippen molar-refractivity contribution in [2.24, 2.45) is 0 Å². The Morgan fingerprint density at radius 1 is 0.911 bits per heavy atom. The first-order chi connectivity index (χ1) is 21.5. The molecular formula is C32H42O13. The fourth-order valence-electron chi connectivity index (χ4n) is 5.93. The number of benzene rings is 2. The summed E-state index contributed by atoms with van der Waals surface area (Å²) >= 11 is 0. The molecule has 2 saturated heterocycles. The Labute approximate surface area is 260 Å². The Hall–Kier alpha value is -2.69. The number of methoxy groups -OCH3 is 1. The van der Waals surface area contributed by atoms with Gasteiger partial charge in [0.1, 0.15) is 47.6 Å². The van der Waals surface area contributed by atoms with E-state index in [4.69, 9.17) is 23.7 Å². The van der Waals surface area contributed by atoms with Crippen molar-refractivity contribution in [3.8, 4) is 11.5 Å². The second kappa shape index (κ2) is 14.4. The summed E-state index contributed by atoms with van der Waals surface area (Å²) < 4.78 is 28.3. The quantitative estimate of drug-likeness (QED) is 0.214. The number of fused-ring (bicyclic) bond motifs is 8. The number of carbonyl (C=O) groups excluding carboxylic acids is 1. The zero-order valence-electron chi connectivity index (χ0n) is 25.0. The van der Waals surface area contributed by atoms with Crippen LogP contribution in [0.3, 0.4) is 0 Å². The highest BCUT2D eigenvalue weighted by Crippen LogP contribution is 2.32. The van der Waals surface area contributed by atoms with Gasteiger partial charge in [0.15, 0.2) is 18.4 Å². The van der Waals surface area contributed by atoms with E-state index >= 15 is 0 Å². The van der Waals surface area contributed by atoms with Gasteiger partial charge in [-0.25, -0.2) is 0 Å². The summed E-state index contributed by atoms with van der Waals surface area (Å²) in [6, 6.07) is 10.2. The monoisotopic (exact) mass is 634 g/mol. The third kappa shape index (κ3) is 7.33. The highest BCUT2D eigenvalue weighted by atomic mass is 16.7. The summed E-state index contributed by atoms with van der Waals surface area (Å²) in [6.45, 7) is -1.49. The molecule has 9 atom stereocenters. The first-order valence-electron chi connectivity index (χ1n) is 15.2. The number of aliphatic hydroxyl groups excluding tert-OH is 5. The van der Waals surface area contributed by atoms with Gasteiger partial charge in [-0.15, -0.1) is 0 Å². The first kappa shape index (κ1) is 33.7. The average molecular weight is 635 g/mol. The van der Waals surface area contributed by atoms with Crippen LogP contribution in [0, 0.1) is 0 Å². The van der Waals surface area contributed by atoms with Gasteiger partial charge in [0.05, 0.1) is 44.2 Å². The Balaban J connectivity index is 1.30. The van der Waals surface area contributed by atoms with Crippen molar-refractivity contribution in [3.63, 3.8) is 0 Å². The van der Waals surface area contributed by atoms with Crippen LogP contribution in [0.25, 0.3) is 0 Å². The number of phenolic OH excluding ortho intramolecular Hbond substituents is 1. The van der Waals surface area contributed by atoms with E-state index in [0.717, 1.165) is 24.0 Å². The molecule has 248 valence electrons. The zero-order chi connectivity index (χ0) is 32.3. The molecule has 45 heavy (non-hydrogen) atoms. The van der Waals surface area contributed by atoms with Gasteiger partial charge >= 0.3 is 0 Å². The molecule has 2 aromatic carbocycles. The molecule has 1 unspecified atom stereocenters. The van der Waals surface area contributed by atoms with Crippen LogP contribution < -0.4 is 4.74 Å². The molecule has 13 nitrogen and oxygen atoms in total. The van der Waals surface area contributed by atoms with Crippen molar-refractivity contribution in [2.75, 3.05) is 26.9 Å². The number of phenols is 1. The number of hydrogen-bond donors (Lipinski definition) is 7. The molecule has 0 aromatic heterocycles. The maximum absolute atomic E-state index is 13.3. The predicted octanol–water partition coefficient (Wildman–Crippen LogP) is -0.0592. The molecule has 4 aliphatic rings. The van der Waals surface area contributed by atoms with Crippen molar-refractivity contribution in [1.82, 2.24) is 0 Å². The molecule has 0 amide bonds. The van der Waals surface area contributed by atoms with Crippen LogP contribution in [0.1, 0.15) is 52.7 Å². The van der Waals surface area contributed by atoms with Crippen LogP contribution in [0.2, 0.25) is 0 Å². The van der Waals surface area contributed by atoms with Gasteiger partial charge in [0, 0.05) is 0 Å². The van der Waals surface area contributed by atoms with Crippen LogP contribution in [-0.2, 0) is 31.8 Å². The van der Waals surface area contributed by atoms with E-state index in [1.807, 2.05) is 6.07 Å². The second-order valence-corrected chi connectivity index (χ2v) is 12.0. The van der Waals surface area contributed by atoms with Gasteiger partial charge in [-0.05, 0) is 67.5 Å². The standard InChI is InChI=1S/C32H42O13/c1-41-23-13-18-6-9-19(5-3-2-4-17-8-11-22(34)21(12-17)25(35)20(23)10-7-18)44-30-28(38)27(37)26(36)24(45-30)14-42-31-29(39)32(40,15-33)16-43-31/h7-8,10-13,19,24,26-31,33-34,36-40H,2-6,9,14-16H2,1H3/t19?,24-,26-,27+,28-,29+,30-,31-,32-/m1/s1. The minimum Gasteiger partial charge on any atom is -0.507 e. The summed E-state index contributed by atoms with van der Waals surface area (Å²) in [6.07, 6.45) is -6.80. The highest BCUT2D eigenvalue weighted by Gasteiger charge is 2.50. The van der Waals surface area contributed by atoms with Gasteiger partial charge in [0.2, 0.25) is 0 Å².